The zero-order valence-electron chi connectivity index (χ0n) is 17.8. The van der Waals surface area contributed by atoms with Crippen LogP contribution in [0.4, 0.5) is 5.69 Å². The number of amides is 3. The summed E-state index contributed by atoms with van der Waals surface area (Å²) in [5.41, 5.74) is 1.55. The van der Waals surface area contributed by atoms with E-state index in [2.05, 4.69) is 10.6 Å². The highest BCUT2D eigenvalue weighted by molar-refractivity contribution is 7.80. The molecule has 9 heteroatoms. The molecule has 0 bridgehead atoms. The fourth-order valence-corrected chi connectivity index (χ4v) is 4.18. The molecule has 2 aromatic carbocycles. The predicted octanol–water partition coefficient (Wildman–Crippen LogP) is 3.29. The molecule has 4 rings (SSSR count). The highest BCUT2D eigenvalue weighted by Gasteiger charge is 2.36. The molecule has 1 aliphatic carbocycles. The number of carbonyl (C=O) groups is 4. The van der Waals surface area contributed by atoms with Crippen molar-refractivity contribution in [2.24, 2.45) is 0 Å². The van der Waals surface area contributed by atoms with Crippen LogP contribution in [-0.4, -0.2) is 46.4 Å². The number of nitrogens with zero attached hydrogens (tertiary/aromatic N) is 1. The molecule has 1 heterocycles. The zero-order chi connectivity index (χ0) is 23.4. The van der Waals surface area contributed by atoms with Crippen LogP contribution in [0.25, 0.3) is 0 Å². The molecule has 0 unspecified atom stereocenters. The lowest BCUT2D eigenvalue weighted by Crippen LogP contribution is -2.43. The van der Waals surface area contributed by atoms with Crippen LogP contribution in [-0.2, 0) is 9.53 Å². The van der Waals surface area contributed by atoms with Gasteiger partial charge in [-0.3, -0.25) is 19.3 Å². The van der Waals surface area contributed by atoms with Crippen molar-refractivity contribution >= 4 is 46.7 Å². The lowest BCUT2D eigenvalue weighted by atomic mass is 9.98. The Bertz CT molecular complexity index is 1070. The monoisotopic (exact) mass is 465 g/mol. The summed E-state index contributed by atoms with van der Waals surface area (Å²) in [7, 11) is 0. The SMILES string of the molecule is O=C(CN1C(=O)c2ccccc2C1=O)NC(=S)Nc1ccc(C(=O)OC2CCCCC2)cc1. The van der Waals surface area contributed by atoms with Gasteiger partial charge in [0.1, 0.15) is 12.6 Å². The van der Waals surface area contributed by atoms with Crippen LogP contribution in [0.5, 0.6) is 0 Å². The molecular weight excluding hydrogens is 442 g/mol. The van der Waals surface area contributed by atoms with E-state index in [0.29, 0.717) is 11.3 Å². The van der Waals surface area contributed by atoms with E-state index in [0.717, 1.165) is 30.6 Å². The zero-order valence-corrected chi connectivity index (χ0v) is 18.7. The molecule has 1 fully saturated rings. The van der Waals surface area contributed by atoms with Crippen molar-refractivity contribution in [1.29, 1.82) is 0 Å². The van der Waals surface area contributed by atoms with E-state index in [4.69, 9.17) is 17.0 Å². The Hall–Kier alpha value is -3.59. The Balaban J connectivity index is 1.27. The maximum absolute atomic E-state index is 12.4. The smallest absolute Gasteiger partial charge is 0.338 e. The third-order valence-electron chi connectivity index (χ3n) is 5.64. The first-order valence-corrected chi connectivity index (χ1v) is 11.2. The molecule has 1 aliphatic heterocycles. The minimum atomic E-state index is -0.602. The minimum Gasteiger partial charge on any atom is -0.459 e. The number of ether oxygens (including phenoxy) is 1. The molecule has 0 radical (unpaired) electrons. The van der Waals surface area contributed by atoms with Crippen molar-refractivity contribution in [3.8, 4) is 0 Å². The van der Waals surface area contributed by atoms with E-state index in [1.165, 1.54) is 6.42 Å². The molecule has 2 N–H and O–H groups in total. The van der Waals surface area contributed by atoms with Crippen molar-refractivity contribution in [3.63, 3.8) is 0 Å². The molecule has 0 saturated heterocycles. The largest absolute Gasteiger partial charge is 0.459 e. The van der Waals surface area contributed by atoms with Gasteiger partial charge >= 0.3 is 5.97 Å². The maximum Gasteiger partial charge on any atom is 0.338 e. The fourth-order valence-electron chi connectivity index (χ4n) is 3.95. The first-order valence-electron chi connectivity index (χ1n) is 10.8. The number of hydrogen-bond acceptors (Lipinski definition) is 6. The van der Waals surface area contributed by atoms with Gasteiger partial charge in [0.2, 0.25) is 5.91 Å². The fraction of sp³-hybridized carbons (Fsp3) is 0.292. The van der Waals surface area contributed by atoms with Gasteiger partial charge in [0.05, 0.1) is 16.7 Å². The van der Waals surface area contributed by atoms with Gasteiger partial charge in [-0.15, -0.1) is 0 Å². The molecule has 2 aliphatic rings. The number of rotatable bonds is 5. The number of hydrogen-bond donors (Lipinski definition) is 2. The molecule has 0 atom stereocenters. The first kappa shape index (κ1) is 22.6. The van der Waals surface area contributed by atoms with Crippen LogP contribution in [0, 0.1) is 0 Å². The molecule has 1 saturated carbocycles. The standard InChI is InChI=1S/C24H23N3O5S/c28-20(14-27-21(29)18-8-4-5-9-19(18)22(27)30)26-24(33)25-16-12-10-15(11-13-16)23(31)32-17-6-2-1-3-7-17/h4-5,8-13,17H,1-3,6-7,14H2,(H2,25,26,28,33). The molecule has 33 heavy (non-hydrogen) atoms. The maximum atomic E-state index is 12.4. The van der Waals surface area contributed by atoms with Gasteiger partial charge < -0.3 is 15.4 Å². The van der Waals surface area contributed by atoms with Gasteiger partial charge in [0.25, 0.3) is 11.8 Å². The van der Waals surface area contributed by atoms with Gasteiger partial charge in [-0.25, -0.2) is 4.79 Å². The Morgan fingerprint density at radius 1 is 0.939 bits per heavy atom. The predicted molar refractivity (Wildman–Crippen MR) is 125 cm³/mol. The van der Waals surface area contributed by atoms with Crippen LogP contribution < -0.4 is 10.6 Å². The Kier molecular flexibility index (Phi) is 6.79. The molecule has 0 spiro atoms. The first-order chi connectivity index (χ1) is 15.9. The summed E-state index contributed by atoms with van der Waals surface area (Å²) in [6.07, 6.45) is 5.13. The number of thiocarbonyl (C=S) groups is 1. The van der Waals surface area contributed by atoms with Gasteiger partial charge in [-0.05, 0) is 74.3 Å². The third kappa shape index (κ3) is 5.25. The van der Waals surface area contributed by atoms with Crippen molar-refractivity contribution in [1.82, 2.24) is 10.2 Å². The van der Waals surface area contributed by atoms with E-state index in [-0.39, 0.29) is 28.3 Å². The summed E-state index contributed by atoms with van der Waals surface area (Å²) < 4.78 is 5.55. The number of benzene rings is 2. The molecule has 2 aromatic rings. The second-order valence-electron chi connectivity index (χ2n) is 7.99. The number of imide groups is 1. The van der Waals surface area contributed by atoms with Gasteiger partial charge in [0.15, 0.2) is 5.11 Å². The van der Waals surface area contributed by atoms with Crippen LogP contribution in [0.2, 0.25) is 0 Å². The summed E-state index contributed by atoms with van der Waals surface area (Å²) >= 11 is 5.15. The normalized spacial score (nSPS) is 15.7. The average molecular weight is 466 g/mol. The van der Waals surface area contributed by atoms with Crippen molar-refractivity contribution in [2.75, 3.05) is 11.9 Å². The second kappa shape index (κ2) is 9.91. The van der Waals surface area contributed by atoms with E-state index >= 15 is 0 Å². The topological polar surface area (TPSA) is 105 Å². The van der Waals surface area contributed by atoms with E-state index in [1.807, 2.05) is 0 Å². The van der Waals surface area contributed by atoms with Crippen LogP contribution in [0.15, 0.2) is 48.5 Å². The van der Waals surface area contributed by atoms with E-state index in [9.17, 15) is 19.2 Å². The van der Waals surface area contributed by atoms with Gasteiger partial charge in [-0.2, -0.15) is 0 Å². The molecular formula is C24H23N3O5S. The van der Waals surface area contributed by atoms with E-state index < -0.39 is 24.3 Å². The number of esters is 1. The summed E-state index contributed by atoms with van der Waals surface area (Å²) in [6.45, 7) is -0.444. The third-order valence-corrected chi connectivity index (χ3v) is 5.84. The number of anilines is 1. The second-order valence-corrected chi connectivity index (χ2v) is 8.40. The number of nitrogens with one attached hydrogen (secondary N) is 2. The number of fused-ring (bicyclic) bond motifs is 1. The minimum absolute atomic E-state index is 0.00846. The number of carbonyl (C=O) groups excluding carboxylic acids is 4. The summed E-state index contributed by atoms with van der Waals surface area (Å²) in [6, 6.07) is 13.0. The van der Waals surface area contributed by atoms with Crippen LogP contribution >= 0.6 is 12.2 Å². The Labute approximate surface area is 196 Å². The molecule has 170 valence electrons. The molecule has 8 nitrogen and oxygen atoms in total. The summed E-state index contributed by atoms with van der Waals surface area (Å²) in [5.74, 6) is -1.99. The lowest BCUT2D eigenvalue weighted by Gasteiger charge is -2.21. The van der Waals surface area contributed by atoms with Gasteiger partial charge in [0, 0.05) is 5.69 Å². The highest BCUT2D eigenvalue weighted by Crippen LogP contribution is 2.23. The summed E-state index contributed by atoms with van der Waals surface area (Å²) in [4.78, 5) is 50.3. The van der Waals surface area contributed by atoms with E-state index in [1.54, 1.807) is 48.5 Å². The highest BCUT2D eigenvalue weighted by atomic mass is 32.1. The lowest BCUT2D eigenvalue weighted by molar-refractivity contribution is -0.120. The molecule has 0 aromatic heterocycles. The Morgan fingerprint density at radius 2 is 1.55 bits per heavy atom. The van der Waals surface area contributed by atoms with Gasteiger partial charge in [-0.1, -0.05) is 18.6 Å². The Morgan fingerprint density at radius 3 is 2.15 bits per heavy atom. The van der Waals surface area contributed by atoms with Crippen molar-refractivity contribution in [2.45, 2.75) is 38.2 Å². The quantitative estimate of drug-likeness (QED) is 0.397. The van der Waals surface area contributed by atoms with Crippen molar-refractivity contribution in [3.05, 3.63) is 65.2 Å². The van der Waals surface area contributed by atoms with Crippen molar-refractivity contribution < 1.29 is 23.9 Å². The van der Waals surface area contributed by atoms with Crippen LogP contribution in [0.1, 0.15) is 63.2 Å². The average Bonchev–Trinajstić information content (AvgIpc) is 3.05. The van der Waals surface area contributed by atoms with Crippen LogP contribution in [0.3, 0.4) is 0 Å². The molecule has 3 amide bonds. The summed E-state index contributed by atoms with van der Waals surface area (Å²) in [5, 5.41) is 5.31.